The molecule has 1 aliphatic carbocycles. The van der Waals surface area contributed by atoms with Gasteiger partial charge in [0.25, 0.3) is 5.91 Å². The average molecular weight is 275 g/mol. The van der Waals surface area contributed by atoms with E-state index in [1.165, 1.54) is 6.42 Å². The van der Waals surface area contributed by atoms with Crippen LogP contribution in [0, 0.1) is 18.8 Å². The van der Waals surface area contributed by atoms with Crippen molar-refractivity contribution in [3.63, 3.8) is 0 Å². The van der Waals surface area contributed by atoms with Gasteiger partial charge in [-0.25, -0.2) is 0 Å². The molecule has 1 amide bonds. The topological polar surface area (TPSA) is 67.1 Å². The summed E-state index contributed by atoms with van der Waals surface area (Å²) in [6.07, 6.45) is 3.36. The van der Waals surface area contributed by atoms with Crippen molar-refractivity contribution in [2.45, 2.75) is 46.1 Å². The van der Waals surface area contributed by atoms with Crippen LogP contribution in [0.15, 0.2) is 18.2 Å². The fourth-order valence-electron chi connectivity index (χ4n) is 2.95. The van der Waals surface area contributed by atoms with Crippen molar-refractivity contribution in [2.75, 3.05) is 5.43 Å². The zero-order chi connectivity index (χ0) is 14.7. The quantitative estimate of drug-likeness (QED) is 0.587. The Hall–Kier alpha value is -1.55. The first-order valence-electron chi connectivity index (χ1n) is 7.39. The molecule has 0 heterocycles. The van der Waals surface area contributed by atoms with E-state index >= 15 is 0 Å². The van der Waals surface area contributed by atoms with Crippen LogP contribution in [-0.2, 0) is 0 Å². The van der Waals surface area contributed by atoms with Gasteiger partial charge in [-0.3, -0.25) is 10.6 Å². The molecule has 3 unspecified atom stereocenters. The van der Waals surface area contributed by atoms with Crippen molar-refractivity contribution in [1.82, 2.24) is 5.32 Å². The predicted molar refractivity (Wildman–Crippen MR) is 82.4 cm³/mol. The summed E-state index contributed by atoms with van der Waals surface area (Å²) in [6.45, 7) is 6.50. The molecule has 20 heavy (non-hydrogen) atoms. The van der Waals surface area contributed by atoms with Crippen LogP contribution in [-0.4, -0.2) is 11.9 Å². The minimum Gasteiger partial charge on any atom is -0.349 e. The molecule has 0 spiro atoms. The van der Waals surface area contributed by atoms with Crippen LogP contribution in [0.1, 0.15) is 49.0 Å². The third-order valence-electron chi connectivity index (χ3n) is 4.57. The molecule has 4 nitrogen and oxygen atoms in total. The highest BCUT2D eigenvalue weighted by atomic mass is 16.1. The van der Waals surface area contributed by atoms with Gasteiger partial charge in [-0.1, -0.05) is 13.8 Å². The molecule has 1 aliphatic rings. The predicted octanol–water partition coefficient (Wildman–Crippen LogP) is 2.84. The van der Waals surface area contributed by atoms with E-state index in [4.69, 9.17) is 5.84 Å². The van der Waals surface area contributed by atoms with Crippen molar-refractivity contribution >= 4 is 11.6 Å². The molecule has 0 bridgehead atoms. The highest BCUT2D eigenvalue weighted by Gasteiger charge is 2.26. The van der Waals surface area contributed by atoms with E-state index in [2.05, 4.69) is 24.6 Å². The molecule has 0 aliphatic heterocycles. The molecule has 110 valence electrons. The minimum absolute atomic E-state index is 0.0258. The maximum atomic E-state index is 12.4. The fraction of sp³-hybridized carbons (Fsp3) is 0.562. The highest BCUT2D eigenvalue weighted by molar-refractivity contribution is 5.96. The normalized spacial score (nSPS) is 26.1. The monoisotopic (exact) mass is 275 g/mol. The molecule has 3 atom stereocenters. The second-order valence-electron chi connectivity index (χ2n) is 6.11. The Balaban J connectivity index is 2.01. The van der Waals surface area contributed by atoms with Crippen molar-refractivity contribution in [3.8, 4) is 0 Å². The van der Waals surface area contributed by atoms with Gasteiger partial charge in [0, 0.05) is 17.3 Å². The van der Waals surface area contributed by atoms with Gasteiger partial charge in [0.05, 0.1) is 0 Å². The van der Waals surface area contributed by atoms with Gasteiger partial charge in [-0.2, -0.15) is 0 Å². The summed E-state index contributed by atoms with van der Waals surface area (Å²) < 4.78 is 0. The van der Waals surface area contributed by atoms with E-state index in [-0.39, 0.29) is 5.91 Å². The number of amides is 1. The molecular weight excluding hydrogens is 250 g/mol. The van der Waals surface area contributed by atoms with Gasteiger partial charge in [-0.15, -0.1) is 0 Å². The molecule has 1 saturated carbocycles. The number of nitrogen functional groups attached to an aromatic ring is 1. The Bertz CT molecular complexity index is 487. The van der Waals surface area contributed by atoms with Crippen molar-refractivity contribution in [3.05, 3.63) is 29.3 Å². The standard InChI is InChI=1S/C16H25N3O/c1-10-4-5-13(8-11(10)2)18-16(20)15-7-6-14(19-17)9-12(15)3/h6-7,9-11,13,19H,4-5,8,17H2,1-3H3,(H,18,20). The Morgan fingerprint density at radius 3 is 2.60 bits per heavy atom. The zero-order valence-electron chi connectivity index (χ0n) is 12.6. The van der Waals surface area contributed by atoms with Crippen LogP contribution in [0.2, 0.25) is 0 Å². The van der Waals surface area contributed by atoms with E-state index in [0.29, 0.717) is 12.0 Å². The minimum atomic E-state index is 0.0258. The molecule has 2 rings (SSSR count). The van der Waals surface area contributed by atoms with Crippen LogP contribution in [0.25, 0.3) is 0 Å². The SMILES string of the molecule is Cc1cc(NN)ccc1C(=O)NC1CCC(C)C(C)C1. The first kappa shape index (κ1) is 14.9. The maximum Gasteiger partial charge on any atom is 0.251 e. The highest BCUT2D eigenvalue weighted by Crippen LogP contribution is 2.29. The van der Waals surface area contributed by atoms with Crippen molar-refractivity contribution < 1.29 is 4.79 Å². The van der Waals surface area contributed by atoms with Gasteiger partial charge < -0.3 is 10.7 Å². The number of aryl methyl sites for hydroxylation is 1. The second kappa shape index (κ2) is 6.27. The number of benzene rings is 1. The number of carbonyl (C=O) groups excluding carboxylic acids is 1. The van der Waals surface area contributed by atoms with Crippen molar-refractivity contribution in [1.29, 1.82) is 0 Å². The van der Waals surface area contributed by atoms with E-state index in [9.17, 15) is 4.79 Å². The second-order valence-corrected chi connectivity index (χ2v) is 6.11. The lowest BCUT2D eigenvalue weighted by molar-refractivity contribution is 0.0910. The summed E-state index contributed by atoms with van der Waals surface area (Å²) in [4.78, 5) is 12.4. The number of anilines is 1. The molecule has 0 saturated heterocycles. The summed E-state index contributed by atoms with van der Waals surface area (Å²) in [5, 5.41) is 3.17. The number of nitrogens with one attached hydrogen (secondary N) is 2. The number of nitrogens with two attached hydrogens (primary N) is 1. The largest absolute Gasteiger partial charge is 0.349 e. The number of carbonyl (C=O) groups is 1. The van der Waals surface area contributed by atoms with Gasteiger partial charge in [0.1, 0.15) is 0 Å². The Morgan fingerprint density at radius 2 is 2.00 bits per heavy atom. The van der Waals surface area contributed by atoms with Gasteiger partial charge in [0.2, 0.25) is 0 Å². The Kier molecular flexibility index (Phi) is 4.65. The van der Waals surface area contributed by atoms with Crippen LogP contribution in [0.5, 0.6) is 0 Å². The van der Waals surface area contributed by atoms with E-state index in [1.807, 2.05) is 25.1 Å². The van der Waals surface area contributed by atoms with Crippen LogP contribution >= 0.6 is 0 Å². The fourth-order valence-corrected chi connectivity index (χ4v) is 2.95. The molecule has 4 N–H and O–H groups in total. The summed E-state index contributed by atoms with van der Waals surface area (Å²) >= 11 is 0. The average Bonchev–Trinajstić information content (AvgIpc) is 2.42. The number of hydrogen-bond acceptors (Lipinski definition) is 3. The molecule has 4 heteroatoms. The molecule has 1 aromatic rings. The Morgan fingerprint density at radius 1 is 1.25 bits per heavy atom. The van der Waals surface area contributed by atoms with Crippen LogP contribution in [0.4, 0.5) is 5.69 Å². The summed E-state index contributed by atoms with van der Waals surface area (Å²) in [7, 11) is 0. The molecule has 1 fully saturated rings. The third-order valence-corrected chi connectivity index (χ3v) is 4.57. The first-order valence-corrected chi connectivity index (χ1v) is 7.39. The van der Waals surface area contributed by atoms with Crippen LogP contribution < -0.4 is 16.6 Å². The van der Waals surface area contributed by atoms with Crippen LogP contribution in [0.3, 0.4) is 0 Å². The maximum absolute atomic E-state index is 12.4. The molecule has 1 aromatic carbocycles. The van der Waals surface area contributed by atoms with Crippen molar-refractivity contribution in [2.24, 2.45) is 17.7 Å². The van der Waals surface area contributed by atoms with E-state index in [1.54, 1.807) is 0 Å². The number of hydrazine groups is 1. The number of rotatable bonds is 3. The van der Waals surface area contributed by atoms with E-state index < -0.39 is 0 Å². The summed E-state index contributed by atoms with van der Waals surface area (Å²) in [5.41, 5.74) is 5.08. The Labute approximate surface area is 121 Å². The summed E-state index contributed by atoms with van der Waals surface area (Å²) in [6, 6.07) is 5.85. The molecule has 0 aromatic heterocycles. The molecule has 0 radical (unpaired) electrons. The lowest BCUT2D eigenvalue weighted by atomic mass is 9.79. The smallest absolute Gasteiger partial charge is 0.251 e. The third kappa shape index (κ3) is 3.31. The lowest BCUT2D eigenvalue weighted by Gasteiger charge is -2.32. The zero-order valence-corrected chi connectivity index (χ0v) is 12.6. The van der Waals surface area contributed by atoms with E-state index in [0.717, 1.165) is 35.6 Å². The first-order chi connectivity index (χ1) is 9.51. The van der Waals surface area contributed by atoms with Gasteiger partial charge >= 0.3 is 0 Å². The van der Waals surface area contributed by atoms with Gasteiger partial charge in [0.15, 0.2) is 0 Å². The summed E-state index contributed by atoms with van der Waals surface area (Å²) in [5.74, 6) is 6.84. The number of hydrogen-bond donors (Lipinski definition) is 3. The van der Waals surface area contributed by atoms with Gasteiger partial charge in [-0.05, 0) is 61.8 Å². The molecular formula is C16H25N3O. The lowest BCUT2D eigenvalue weighted by Crippen LogP contribution is -2.40.